The average molecular weight is 577 g/mol. The Morgan fingerprint density at radius 3 is 2.66 bits per heavy atom. The molecule has 1 aliphatic heterocycles. The SMILES string of the molecule is C=CC(=O)N1CCN(c2nc(=O)n(-c3c(C)ccnc3C(C)C)c3nc(-c4c(O)cccc4F)cc(Cl)c23)[C@@H](C)C1. The smallest absolute Gasteiger partial charge is 0.355 e. The maximum absolute atomic E-state index is 15.0. The number of anilines is 1. The molecule has 1 amide bonds. The van der Waals surface area contributed by atoms with E-state index in [0.29, 0.717) is 42.2 Å². The van der Waals surface area contributed by atoms with E-state index in [4.69, 9.17) is 16.6 Å². The van der Waals surface area contributed by atoms with E-state index >= 15 is 0 Å². The highest BCUT2D eigenvalue weighted by atomic mass is 35.5. The number of halogens is 2. The fourth-order valence-corrected chi connectivity index (χ4v) is 5.62. The molecule has 1 fully saturated rings. The second-order valence-corrected chi connectivity index (χ2v) is 10.8. The van der Waals surface area contributed by atoms with Gasteiger partial charge < -0.3 is 14.9 Å². The molecule has 9 nitrogen and oxygen atoms in total. The summed E-state index contributed by atoms with van der Waals surface area (Å²) in [4.78, 5) is 43.6. The van der Waals surface area contributed by atoms with E-state index in [9.17, 15) is 19.1 Å². The molecule has 1 N–H and O–H groups in total. The van der Waals surface area contributed by atoms with Crippen molar-refractivity contribution in [3.63, 3.8) is 0 Å². The first kappa shape index (κ1) is 28.2. The Morgan fingerprint density at radius 2 is 2.00 bits per heavy atom. The van der Waals surface area contributed by atoms with Gasteiger partial charge in [0, 0.05) is 31.9 Å². The molecule has 1 aliphatic rings. The molecule has 212 valence electrons. The summed E-state index contributed by atoms with van der Waals surface area (Å²) in [6.45, 7) is 12.5. The average Bonchev–Trinajstić information content (AvgIpc) is 2.92. The molecule has 41 heavy (non-hydrogen) atoms. The molecule has 0 bridgehead atoms. The number of aromatic nitrogens is 4. The third kappa shape index (κ3) is 4.93. The van der Waals surface area contributed by atoms with Crippen molar-refractivity contribution >= 4 is 34.4 Å². The zero-order chi connectivity index (χ0) is 29.6. The van der Waals surface area contributed by atoms with E-state index in [-0.39, 0.29) is 45.5 Å². The molecule has 0 spiro atoms. The largest absolute Gasteiger partial charge is 0.507 e. The lowest BCUT2D eigenvalue weighted by Gasteiger charge is -2.40. The number of phenols is 1. The molecule has 1 saturated heterocycles. The monoisotopic (exact) mass is 576 g/mol. The van der Waals surface area contributed by atoms with E-state index < -0.39 is 11.5 Å². The third-order valence-electron chi connectivity index (χ3n) is 7.34. The van der Waals surface area contributed by atoms with Crippen LogP contribution in [-0.4, -0.2) is 61.1 Å². The summed E-state index contributed by atoms with van der Waals surface area (Å²) < 4.78 is 16.3. The second kappa shape index (κ2) is 10.9. The standard InChI is InChI=1S/C30H30ClFN6O3/c1-6-23(40)36-12-13-37(18(5)15-36)28-24-19(31)14-21(25-20(32)8-7-9-22(25)39)34-29(24)38(30(41)35-28)27-17(4)10-11-33-26(27)16(2)3/h6-11,14,16,18,39H,1,12-13,15H2,2-5H3/t18-/m0/s1. The van der Waals surface area contributed by atoms with Crippen molar-refractivity contribution < 1.29 is 14.3 Å². The Labute approximate surface area is 241 Å². The third-order valence-corrected chi connectivity index (χ3v) is 7.64. The molecule has 0 unspecified atom stereocenters. The van der Waals surface area contributed by atoms with Gasteiger partial charge in [0.05, 0.1) is 33.0 Å². The number of aromatic hydroxyl groups is 1. The molecule has 0 aliphatic carbocycles. The molecular formula is C30H30ClFN6O3. The maximum Gasteiger partial charge on any atom is 0.355 e. The summed E-state index contributed by atoms with van der Waals surface area (Å²) in [5, 5.41) is 11.1. The van der Waals surface area contributed by atoms with Crippen LogP contribution in [0.2, 0.25) is 5.02 Å². The summed E-state index contributed by atoms with van der Waals surface area (Å²) >= 11 is 6.92. The number of hydrogen-bond donors (Lipinski definition) is 1. The minimum atomic E-state index is -0.687. The molecule has 1 atom stereocenters. The van der Waals surface area contributed by atoms with Crippen LogP contribution < -0.4 is 10.6 Å². The van der Waals surface area contributed by atoms with Crippen molar-refractivity contribution in [1.82, 2.24) is 24.4 Å². The molecule has 4 heterocycles. The minimum absolute atomic E-state index is 0.0451. The van der Waals surface area contributed by atoms with Crippen molar-refractivity contribution in [2.75, 3.05) is 24.5 Å². The molecular weight excluding hydrogens is 547 g/mol. The van der Waals surface area contributed by atoms with E-state index in [1.54, 1.807) is 17.2 Å². The summed E-state index contributed by atoms with van der Waals surface area (Å²) in [5.41, 5.74) is 1.41. The van der Waals surface area contributed by atoms with E-state index in [1.165, 1.54) is 34.9 Å². The van der Waals surface area contributed by atoms with Crippen molar-refractivity contribution in [3.05, 3.63) is 81.8 Å². The number of fused-ring (bicyclic) bond motifs is 1. The number of nitrogens with zero attached hydrogens (tertiary/aromatic N) is 6. The number of carbonyl (C=O) groups excluding carboxylic acids is 1. The minimum Gasteiger partial charge on any atom is -0.507 e. The Balaban J connectivity index is 1.84. The number of amides is 1. The zero-order valence-electron chi connectivity index (χ0n) is 23.2. The van der Waals surface area contributed by atoms with Crippen molar-refractivity contribution in [3.8, 4) is 22.7 Å². The molecule has 0 radical (unpaired) electrons. The molecule has 3 aromatic heterocycles. The summed E-state index contributed by atoms with van der Waals surface area (Å²) in [7, 11) is 0. The Bertz CT molecular complexity index is 1730. The maximum atomic E-state index is 15.0. The fourth-order valence-electron chi connectivity index (χ4n) is 5.35. The van der Waals surface area contributed by atoms with Gasteiger partial charge in [-0.15, -0.1) is 0 Å². The zero-order valence-corrected chi connectivity index (χ0v) is 24.0. The number of carbonyl (C=O) groups is 1. The topological polar surface area (TPSA) is 104 Å². The second-order valence-electron chi connectivity index (χ2n) is 10.4. The summed E-state index contributed by atoms with van der Waals surface area (Å²) in [6.07, 6.45) is 2.96. The van der Waals surface area contributed by atoms with Gasteiger partial charge in [0.15, 0.2) is 5.65 Å². The number of benzene rings is 1. The van der Waals surface area contributed by atoms with Gasteiger partial charge >= 0.3 is 5.69 Å². The van der Waals surface area contributed by atoms with Gasteiger partial charge in [-0.3, -0.25) is 9.78 Å². The molecule has 11 heteroatoms. The lowest BCUT2D eigenvalue weighted by atomic mass is 10.0. The predicted molar refractivity (Wildman–Crippen MR) is 157 cm³/mol. The van der Waals surface area contributed by atoms with Crippen molar-refractivity contribution in [2.24, 2.45) is 0 Å². The van der Waals surface area contributed by atoms with Gasteiger partial charge in [0.2, 0.25) is 5.91 Å². The first-order valence-electron chi connectivity index (χ1n) is 13.3. The van der Waals surface area contributed by atoms with Gasteiger partial charge in [-0.2, -0.15) is 4.98 Å². The molecule has 0 saturated carbocycles. The van der Waals surface area contributed by atoms with Gasteiger partial charge in [0.25, 0.3) is 0 Å². The van der Waals surface area contributed by atoms with Gasteiger partial charge in [-0.25, -0.2) is 18.7 Å². The van der Waals surface area contributed by atoms with Crippen LogP contribution in [0.1, 0.15) is 37.9 Å². The molecule has 5 rings (SSSR count). The fraction of sp³-hybridized carbons (Fsp3) is 0.300. The summed E-state index contributed by atoms with van der Waals surface area (Å²) in [6, 6.07) is 7.01. The van der Waals surface area contributed by atoms with E-state index in [2.05, 4.69) is 16.5 Å². The molecule has 4 aromatic rings. The summed E-state index contributed by atoms with van der Waals surface area (Å²) in [5.74, 6) is -0.904. The van der Waals surface area contributed by atoms with Crippen LogP contribution in [0, 0.1) is 12.7 Å². The van der Waals surface area contributed by atoms with Gasteiger partial charge in [-0.1, -0.05) is 38.1 Å². The van der Waals surface area contributed by atoms with E-state index in [1.807, 2.05) is 32.6 Å². The number of aryl methyl sites for hydroxylation is 1. The normalized spacial score (nSPS) is 15.5. The van der Waals surface area contributed by atoms with Crippen LogP contribution >= 0.6 is 11.6 Å². The van der Waals surface area contributed by atoms with Crippen LogP contribution in [0.3, 0.4) is 0 Å². The number of hydrogen-bond acceptors (Lipinski definition) is 7. The van der Waals surface area contributed by atoms with Gasteiger partial charge in [0.1, 0.15) is 17.4 Å². The van der Waals surface area contributed by atoms with Crippen LogP contribution in [-0.2, 0) is 4.79 Å². The van der Waals surface area contributed by atoms with E-state index in [0.717, 1.165) is 5.56 Å². The van der Waals surface area contributed by atoms with Crippen LogP contribution in [0.4, 0.5) is 10.2 Å². The van der Waals surface area contributed by atoms with Crippen LogP contribution in [0.5, 0.6) is 5.75 Å². The Hall–Kier alpha value is -4.31. The first-order chi connectivity index (χ1) is 19.5. The first-order valence-corrected chi connectivity index (χ1v) is 13.7. The van der Waals surface area contributed by atoms with Crippen LogP contribution in [0.25, 0.3) is 28.0 Å². The lowest BCUT2D eigenvalue weighted by Crippen LogP contribution is -2.54. The number of piperazine rings is 1. The number of pyridine rings is 2. The Kier molecular flexibility index (Phi) is 7.52. The van der Waals surface area contributed by atoms with Gasteiger partial charge in [-0.05, 0) is 55.7 Å². The Morgan fingerprint density at radius 1 is 1.24 bits per heavy atom. The molecule has 1 aromatic carbocycles. The van der Waals surface area contributed by atoms with Crippen LogP contribution in [0.15, 0.2) is 54.0 Å². The quantitative estimate of drug-likeness (QED) is 0.334. The highest BCUT2D eigenvalue weighted by Crippen LogP contribution is 2.38. The highest BCUT2D eigenvalue weighted by molar-refractivity contribution is 6.36. The number of rotatable bonds is 5. The lowest BCUT2D eigenvalue weighted by molar-refractivity contribution is -0.126. The van der Waals surface area contributed by atoms with Crippen molar-refractivity contribution in [2.45, 2.75) is 39.7 Å². The number of phenolic OH excluding ortho intramolecular Hbond substituents is 1. The van der Waals surface area contributed by atoms with Crippen molar-refractivity contribution in [1.29, 1.82) is 0 Å². The predicted octanol–water partition coefficient (Wildman–Crippen LogP) is 5.00. The highest BCUT2D eigenvalue weighted by Gasteiger charge is 2.31.